The van der Waals surface area contributed by atoms with Gasteiger partial charge in [-0.2, -0.15) is 0 Å². The lowest BCUT2D eigenvalue weighted by Crippen LogP contribution is -2.38. The second kappa shape index (κ2) is 3.80. The number of amides is 1. The van der Waals surface area contributed by atoms with Gasteiger partial charge in [-0.25, -0.2) is 0 Å². The molecule has 1 N–H and O–H groups in total. The largest absolute Gasteiger partial charge is 0.362 e. The van der Waals surface area contributed by atoms with Crippen LogP contribution < -0.4 is 5.32 Å². The van der Waals surface area contributed by atoms with E-state index >= 15 is 0 Å². The highest BCUT2D eigenvalue weighted by molar-refractivity contribution is 5.77. The number of morpholine rings is 1. The molecule has 1 aromatic carbocycles. The number of hydrogen-bond donors (Lipinski definition) is 1. The molecule has 1 amide bonds. The molecule has 1 atom stereocenters. The minimum Gasteiger partial charge on any atom is -0.362 e. The first-order valence-electron chi connectivity index (χ1n) is 4.70. The average molecular weight is 191 g/mol. The van der Waals surface area contributed by atoms with Gasteiger partial charge in [-0.3, -0.25) is 4.79 Å². The van der Waals surface area contributed by atoms with Gasteiger partial charge in [0.05, 0.1) is 0 Å². The monoisotopic (exact) mass is 191 g/mol. The summed E-state index contributed by atoms with van der Waals surface area (Å²) in [6, 6.07) is 8.18. The molecule has 0 saturated carbocycles. The third-order valence-corrected chi connectivity index (χ3v) is 2.35. The Morgan fingerprint density at radius 3 is 2.64 bits per heavy atom. The molecule has 2 rings (SSSR count). The van der Waals surface area contributed by atoms with Crippen molar-refractivity contribution >= 4 is 5.91 Å². The van der Waals surface area contributed by atoms with E-state index in [-0.39, 0.29) is 18.6 Å². The van der Waals surface area contributed by atoms with Crippen molar-refractivity contribution in [2.45, 2.75) is 13.0 Å². The van der Waals surface area contributed by atoms with Crippen molar-refractivity contribution in [1.29, 1.82) is 0 Å². The average Bonchev–Trinajstić information content (AvgIpc) is 2.21. The van der Waals surface area contributed by atoms with Gasteiger partial charge in [-0.1, -0.05) is 29.8 Å². The van der Waals surface area contributed by atoms with Crippen LogP contribution in [0.1, 0.15) is 17.2 Å². The van der Waals surface area contributed by atoms with Crippen molar-refractivity contribution in [2.75, 3.05) is 13.2 Å². The number of benzene rings is 1. The molecule has 1 fully saturated rings. The van der Waals surface area contributed by atoms with Crippen LogP contribution in [0.15, 0.2) is 24.3 Å². The zero-order chi connectivity index (χ0) is 9.97. The summed E-state index contributed by atoms with van der Waals surface area (Å²) >= 11 is 0. The van der Waals surface area contributed by atoms with Crippen LogP contribution in [-0.2, 0) is 9.53 Å². The van der Waals surface area contributed by atoms with Gasteiger partial charge >= 0.3 is 0 Å². The minimum absolute atomic E-state index is 0.00769. The van der Waals surface area contributed by atoms with Gasteiger partial charge in [-0.15, -0.1) is 0 Å². The maximum Gasteiger partial charge on any atom is 0.246 e. The first-order chi connectivity index (χ1) is 6.75. The van der Waals surface area contributed by atoms with Gasteiger partial charge in [0.15, 0.2) is 0 Å². The number of aryl methyl sites for hydroxylation is 1. The molecule has 3 heteroatoms. The standard InChI is InChI=1S/C11H13NO2/c1-8-2-4-9(5-3-8)10-6-12-11(13)7-14-10/h2-5,10H,6-7H2,1H3,(H,12,13)/t10-/m0/s1. The summed E-state index contributed by atoms with van der Waals surface area (Å²) in [5, 5.41) is 2.78. The lowest BCUT2D eigenvalue weighted by molar-refractivity contribution is -0.133. The van der Waals surface area contributed by atoms with Gasteiger partial charge in [0.2, 0.25) is 5.91 Å². The summed E-state index contributed by atoms with van der Waals surface area (Å²) in [4.78, 5) is 10.9. The second-order valence-electron chi connectivity index (χ2n) is 3.51. The van der Waals surface area contributed by atoms with E-state index < -0.39 is 0 Å². The van der Waals surface area contributed by atoms with E-state index in [9.17, 15) is 4.79 Å². The van der Waals surface area contributed by atoms with Gasteiger partial charge in [0.1, 0.15) is 12.7 Å². The van der Waals surface area contributed by atoms with E-state index in [0.29, 0.717) is 6.54 Å². The SMILES string of the molecule is Cc1ccc([C@@H]2CNC(=O)CO2)cc1. The Bertz CT molecular complexity index is 322. The number of ether oxygens (including phenoxy) is 1. The molecule has 74 valence electrons. The van der Waals surface area contributed by atoms with Crippen LogP contribution in [0.25, 0.3) is 0 Å². The Hall–Kier alpha value is -1.35. The molecule has 1 aliphatic rings. The molecule has 14 heavy (non-hydrogen) atoms. The number of carbonyl (C=O) groups excluding carboxylic acids is 1. The van der Waals surface area contributed by atoms with Crippen molar-refractivity contribution in [3.63, 3.8) is 0 Å². The highest BCUT2D eigenvalue weighted by Gasteiger charge is 2.19. The summed E-state index contributed by atoms with van der Waals surface area (Å²) in [5.74, 6) is -0.0339. The van der Waals surface area contributed by atoms with Crippen LogP contribution in [-0.4, -0.2) is 19.1 Å². The van der Waals surface area contributed by atoms with Crippen LogP contribution in [0.3, 0.4) is 0 Å². The van der Waals surface area contributed by atoms with Crippen LogP contribution >= 0.6 is 0 Å². The zero-order valence-corrected chi connectivity index (χ0v) is 8.12. The number of carbonyl (C=O) groups is 1. The molecular formula is C11H13NO2. The molecule has 0 aromatic heterocycles. The molecule has 0 radical (unpaired) electrons. The summed E-state index contributed by atoms with van der Waals surface area (Å²) in [6.45, 7) is 2.79. The molecule has 0 spiro atoms. The first kappa shape index (κ1) is 9.21. The van der Waals surface area contributed by atoms with Crippen LogP contribution in [0.5, 0.6) is 0 Å². The molecule has 0 unspecified atom stereocenters. The molecule has 3 nitrogen and oxygen atoms in total. The molecule has 1 heterocycles. The first-order valence-corrected chi connectivity index (χ1v) is 4.70. The third-order valence-electron chi connectivity index (χ3n) is 2.35. The number of hydrogen-bond acceptors (Lipinski definition) is 2. The summed E-state index contributed by atoms with van der Waals surface area (Å²) < 4.78 is 5.40. The van der Waals surface area contributed by atoms with E-state index in [1.54, 1.807) is 0 Å². The van der Waals surface area contributed by atoms with Crippen LogP contribution in [0, 0.1) is 6.92 Å². The molecule has 1 saturated heterocycles. The Kier molecular flexibility index (Phi) is 2.50. The Labute approximate surface area is 83.1 Å². The highest BCUT2D eigenvalue weighted by atomic mass is 16.5. The Morgan fingerprint density at radius 2 is 2.07 bits per heavy atom. The van der Waals surface area contributed by atoms with E-state index in [4.69, 9.17) is 4.74 Å². The number of nitrogens with one attached hydrogen (secondary N) is 1. The van der Waals surface area contributed by atoms with Crippen molar-refractivity contribution in [3.05, 3.63) is 35.4 Å². The van der Waals surface area contributed by atoms with Gasteiger partial charge in [0, 0.05) is 6.54 Å². The summed E-state index contributed by atoms with van der Waals surface area (Å²) in [5.41, 5.74) is 2.35. The maximum absolute atomic E-state index is 10.9. The maximum atomic E-state index is 10.9. The van der Waals surface area contributed by atoms with E-state index in [2.05, 4.69) is 17.4 Å². The topological polar surface area (TPSA) is 38.3 Å². The van der Waals surface area contributed by atoms with Crippen molar-refractivity contribution in [1.82, 2.24) is 5.32 Å². The second-order valence-corrected chi connectivity index (χ2v) is 3.51. The van der Waals surface area contributed by atoms with E-state index in [1.165, 1.54) is 5.56 Å². The quantitative estimate of drug-likeness (QED) is 0.724. The van der Waals surface area contributed by atoms with Crippen LogP contribution in [0.2, 0.25) is 0 Å². The minimum atomic E-state index is -0.0339. The molecule has 0 aliphatic carbocycles. The molecular weight excluding hydrogens is 178 g/mol. The number of rotatable bonds is 1. The van der Waals surface area contributed by atoms with E-state index in [0.717, 1.165) is 5.56 Å². The Morgan fingerprint density at radius 1 is 1.36 bits per heavy atom. The fraction of sp³-hybridized carbons (Fsp3) is 0.364. The predicted molar refractivity (Wildman–Crippen MR) is 52.9 cm³/mol. The molecule has 0 bridgehead atoms. The molecule has 1 aliphatic heterocycles. The predicted octanol–water partition coefficient (Wildman–Crippen LogP) is 1.18. The lowest BCUT2D eigenvalue weighted by atomic mass is 10.1. The van der Waals surface area contributed by atoms with Crippen molar-refractivity contribution < 1.29 is 9.53 Å². The normalized spacial score (nSPS) is 21.8. The van der Waals surface area contributed by atoms with E-state index in [1.807, 2.05) is 19.1 Å². The molecule has 1 aromatic rings. The zero-order valence-electron chi connectivity index (χ0n) is 8.12. The van der Waals surface area contributed by atoms with Crippen molar-refractivity contribution in [2.24, 2.45) is 0 Å². The van der Waals surface area contributed by atoms with Gasteiger partial charge in [0.25, 0.3) is 0 Å². The smallest absolute Gasteiger partial charge is 0.246 e. The van der Waals surface area contributed by atoms with Gasteiger partial charge in [-0.05, 0) is 12.5 Å². The fourth-order valence-electron chi connectivity index (χ4n) is 1.49. The third kappa shape index (κ3) is 1.93. The highest BCUT2D eigenvalue weighted by Crippen LogP contribution is 2.18. The van der Waals surface area contributed by atoms with Gasteiger partial charge < -0.3 is 10.1 Å². The fourth-order valence-corrected chi connectivity index (χ4v) is 1.49. The summed E-state index contributed by atoms with van der Waals surface area (Å²) in [7, 11) is 0. The summed E-state index contributed by atoms with van der Waals surface area (Å²) in [6.07, 6.45) is 0.00769. The lowest BCUT2D eigenvalue weighted by Gasteiger charge is -2.23. The van der Waals surface area contributed by atoms with Crippen LogP contribution in [0.4, 0.5) is 0 Å². The Balaban J connectivity index is 2.08. The van der Waals surface area contributed by atoms with Crippen molar-refractivity contribution in [3.8, 4) is 0 Å².